The monoisotopic (exact) mass is 584 g/mol. The molecule has 0 radical (unpaired) electrons. The summed E-state index contributed by atoms with van der Waals surface area (Å²) in [4.78, 5) is 33.4. The molecule has 3 aromatic heterocycles. The molecule has 1 saturated carbocycles. The highest BCUT2D eigenvalue weighted by Gasteiger charge is 2.59. The average Bonchev–Trinajstić information content (AvgIpc) is 3.25. The number of nitrogens with zero attached hydrogens (tertiary/aromatic N) is 5. The van der Waals surface area contributed by atoms with Crippen LogP contribution in [0.25, 0.3) is 16.4 Å². The third kappa shape index (κ3) is 5.59. The summed E-state index contributed by atoms with van der Waals surface area (Å²) in [5, 5.41) is 0.614. The van der Waals surface area contributed by atoms with Crippen molar-refractivity contribution in [3.63, 3.8) is 0 Å². The molecule has 2 unspecified atom stereocenters. The van der Waals surface area contributed by atoms with Crippen LogP contribution in [0.3, 0.4) is 0 Å². The number of pyridine rings is 1. The van der Waals surface area contributed by atoms with Crippen LogP contribution in [-0.2, 0) is 5.54 Å². The number of likely N-dealkylation sites (tertiary alicyclic amines) is 1. The van der Waals surface area contributed by atoms with E-state index in [0.717, 1.165) is 11.1 Å². The lowest BCUT2D eigenvalue weighted by Crippen LogP contribution is -2.33. The Balaban J connectivity index is 1.14. The van der Waals surface area contributed by atoms with Crippen LogP contribution < -0.4 is 10.5 Å². The predicted octanol–water partition coefficient (Wildman–Crippen LogP) is 5.39. The van der Waals surface area contributed by atoms with Gasteiger partial charge in [-0.3, -0.25) is 4.79 Å². The van der Waals surface area contributed by atoms with Crippen molar-refractivity contribution in [2.75, 3.05) is 13.1 Å². The molecule has 4 heterocycles. The molecule has 6 rings (SSSR count). The minimum atomic E-state index is -4.19. The van der Waals surface area contributed by atoms with Gasteiger partial charge >= 0.3 is 6.18 Å². The van der Waals surface area contributed by atoms with Crippen LogP contribution in [0.5, 0.6) is 5.88 Å². The fourth-order valence-corrected chi connectivity index (χ4v) is 6.64. The number of hydrogen-bond donors (Lipinski definition) is 1. The van der Waals surface area contributed by atoms with Gasteiger partial charge in [0.1, 0.15) is 11.0 Å². The Bertz CT molecular complexity index is 1490. The SMILES string of the molecule is Cc1nc(-c2ncccn2)sc1C(=O)N1C[C@@H]2C(Oc3cc(C(C)(C)N)cc(C4=CCC(C(F)(F)F)CC4)n3)[C@@H]2C1. The molecule has 2 N–H and O–H groups in total. The number of halogens is 3. The largest absolute Gasteiger partial charge is 0.474 e. The van der Waals surface area contributed by atoms with Gasteiger partial charge in [0.05, 0.1) is 17.3 Å². The zero-order valence-corrected chi connectivity index (χ0v) is 23.8. The third-order valence-corrected chi connectivity index (χ3v) is 9.30. The number of carbonyl (C=O) groups excluding carboxylic acids is 1. The lowest BCUT2D eigenvalue weighted by atomic mass is 9.86. The molecule has 12 heteroatoms. The van der Waals surface area contributed by atoms with Gasteiger partial charge in [0, 0.05) is 48.9 Å². The molecule has 3 aliphatic rings. The second-order valence-electron chi connectivity index (χ2n) is 11.7. The number of rotatable bonds is 6. The number of thiazole rings is 1. The second kappa shape index (κ2) is 10.2. The van der Waals surface area contributed by atoms with Gasteiger partial charge in [-0.25, -0.2) is 19.9 Å². The molecule has 1 aliphatic heterocycles. The summed E-state index contributed by atoms with van der Waals surface area (Å²) in [6.07, 6.45) is 0.946. The molecule has 41 heavy (non-hydrogen) atoms. The van der Waals surface area contributed by atoms with Crippen molar-refractivity contribution in [1.29, 1.82) is 0 Å². The second-order valence-corrected chi connectivity index (χ2v) is 12.7. The van der Waals surface area contributed by atoms with E-state index in [4.69, 9.17) is 10.5 Å². The Hall–Kier alpha value is -3.38. The number of aryl methyl sites for hydroxylation is 1. The zero-order chi connectivity index (χ0) is 29.1. The average molecular weight is 585 g/mol. The number of allylic oxidation sites excluding steroid dienone is 2. The van der Waals surface area contributed by atoms with Crippen molar-refractivity contribution in [3.8, 4) is 16.7 Å². The van der Waals surface area contributed by atoms with E-state index in [1.165, 1.54) is 11.3 Å². The van der Waals surface area contributed by atoms with Crippen LogP contribution in [-0.4, -0.2) is 56.1 Å². The lowest BCUT2D eigenvalue weighted by molar-refractivity contribution is -0.175. The maximum atomic E-state index is 13.3. The summed E-state index contributed by atoms with van der Waals surface area (Å²) >= 11 is 1.30. The zero-order valence-electron chi connectivity index (χ0n) is 23.0. The number of nitrogens with two attached hydrogens (primary N) is 1. The van der Waals surface area contributed by atoms with E-state index in [-0.39, 0.29) is 36.7 Å². The van der Waals surface area contributed by atoms with E-state index in [1.54, 1.807) is 24.5 Å². The Morgan fingerprint density at radius 3 is 2.44 bits per heavy atom. The van der Waals surface area contributed by atoms with E-state index >= 15 is 0 Å². The highest BCUT2D eigenvalue weighted by atomic mass is 32.1. The van der Waals surface area contributed by atoms with Gasteiger partial charge in [-0.1, -0.05) is 6.08 Å². The summed E-state index contributed by atoms with van der Waals surface area (Å²) in [5.74, 6) is -0.0913. The first-order chi connectivity index (χ1) is 19.4. The fraction of sp³-hybridized carbons (Fsp3) is 0.483. The molecule has 3 aromatic rings. The summed E-state index contributed by atoms with van der Waals surface area (Å²) in [6.45, 7) is 6.70. The first-order valence-corrected chi connectivity index (χ1v) is 14.5. The van der Waals surface area contributed by atoms with Gasteiger partial charge in [-0.15, -0.1) is 11.3 Å². The minimum absolute atomic E-state index is 0.0409. The Morgan fingerprint density at radius 2 is 1.83 bits per heavy atom. The van der Waals surface area contributed by atoms with Crippen LogP contribution in [0.4, 0.5) is 13.2 Å². The number of piperidine rings is 1. The van der Waals surface area contributed by atoms with Gasteiger partial charge in [0.15, 0.2) is 10.8 Å². The van der Waals surface area contributed by atoms with Crippen LogP contribution in [0.1, 0.15) is 59.7 Å². The molecule has 0 spiro atoms. The summed E-state index contributed by atoms with van der Waals surface area (Å²) in [6, 6.07) is 5.40. The normalized spacial score (nSPS) is 24.2. The molecular weight excluding hydrogens is 553 g/mol. The van der Waals surface area contributed by atoms with Gasteiger partial charge < -0.3 is 15.4 Å². The fourth-order valence-electron chi connectivity index (χ4n) is 5.66. The highest BCUT2D eigenvalue weighted by molar-refractivity contribution is 7.17. The molecular formula is C29H31F3N6O2S. The van der Waals surface area contributed by atoms with Gasteiger partial charge in [0.2, 0.25) is 5.88 Å². The van der Waals surface area contributed by atoms with Gasteiger partial charge in [0.25, 0.3) is 5.91 Å². The van der Waals surface area contributed by atoms with Crippen LogP contribution in [0.2, 0.25) is 0 Å². The Morgan fingerprint density at radius 1 is 1.12 bits per heavy atom. The van der Waals surface area contributed by atoms with Crippen molar-refractivity contribution < 1.29 is 22.7 Å². The van der Waals surface area contributed by atoms with E-state index in [0.29, 0.717) is 52.5 Å². The number of aromatic nitrogens is 4. The van der Waals surface area contributed by atoms with Crippen LogP contribution in [0, 0.1) is 24.7 Å². The molecule has 2 fully saturated rings. The first kappa shape index (κ1) is 27.8. The highest BCUT2D eigenvalue weighted by Crippen LogP contribution is 2.49. The number of fused-ring (bicyclic) bond motifs is 1. The third-order valence-electron chi connectivity index (χ3n) is 8.16. The molecule has 1 amide bonds. The maximum absolute atomic E-state index is 13.3. The van der Waals surface area contributed by atoms with E-state index in [1.807, 2.05) is 37.8 Å². The topological polar surface area (TPSA) is 107 Å². The number of carbonyl (C=O) groups is 1. The number of alkyl halides is 3. The van der Waals surface area contributed by atoms with Crippen molar-refractivity contribution in [3.05, 3.63) is 58.5 Å². The summed E-state index contributed by atoms with van der Waals surface area (Å²) < 4.78 is 45.8. The molecule has 8 nitrogen and oxygen atoms in total. The van der Waals surface area contributed by atoms with E-state index in [9.17, 15) is 18.0 Å². The Kier molecular flexibility index (Phi) is 6.88. The molecule has 4 atom stereocenters. The molecule has 2 aliphatic carbocycles. The van der Waals surface area contributed by atoms with E-state index < -0.39 is 17.6 Å². The van der Waals surface area contributed by atoms with Crippen LogP contribution in [0.15, 0.2) is 36.7 Å². The lowest BCUT2D eigenvalue weighted by Gasteiger charge is -2.26. The van der Waals surface area contributed by atoms with Crippen molar-refractivity contribution >= 4 is 22.8 Å². The molecule has 1 saturated heterocycles. The van der Waals surface area contributed by atoms with Crippen molar-refractivity contribution in [2.24, 2.45) is 23.5 Å². The number of amides is 1. The predicted molar refractivity (Wildman–Crippen MR) is 148 cm³/mol. The quantitative estimate of drug-likeness (QED) is 0.414. The summed E-state index contributed by atoms with van der Waals surface area (Å²) in [7, 11) is 0. The molecule has 0 aromatic carbocycles. The van der Waals surface area contributed by atoms with Crippen molar-refractivity contribution in [2.45, 2.75) is 57.9 Å². The van der Waals surface area contributed by atoms with Crippen LogP contribution >= 0.6 is 11.3 Å². The Labute approximate surface area is 239 Å². The smallest absolute Gasteiger partial charge is 0.392 e. The van der Waals surface area contributed by atoms with Gasteiger partial charge in [-0.05, 0) is 63.3 Å². The van der Waals surface area contributed by atoms with Gasteiger partial charge in [-0.2, -0.15) is 13.2 Å². The number of ether oxygens (including phenoxy) is 1. The van der Waals surface area contributed by atoms with Crippen molar-refractivity contribution in [1.82, 2.24) is 24.8 Å². The summed E-state index contributed by atoms with van der Waals surface area (Å²) in [5.41, 5.74) is 8.57. The number of hydrogen-bond acceptors (Lipinski definition) is 8. The molecule has 0 bridgehead atoms. The standard InChI is InChI=1S/C29H31F3N6O2S/c1-15-24(41-26(36-15)25-34-9-4-10-35-25)27(39)38-13-19-20(14-38)23(19)40-22-12-18(28(2,3)33)11-21(37-22)16-5-7-17(8-6-16)29(30,31)32/h4-5,9-12,17,19-20,23H,6-8,13-14,33H2,1-3H3/t17?,19-,20+,23?. The molecule has 216 valence electrons. The maximum Gasteiger partial charge on any atom is 0.392 e. The first-order valence-electron chi connectivity index (χ1n) is 13.7. The van der Waals surface area contributed by atoms with E-state index in [2.05, 4.69) is 19.9 Å². The minimum Gasteiger partial charge on any atom is -0.474 e.